The molecule has 3 rings (SSSR count). The summed E-state index contributed by atoms with van der Waals surface area (Å²) in [5.74, 6) is 0.274. The van der Waals surface area contributed by atoms with Crippen LogP contribution in [-0.4, -0.2) is 65.0 Å². The predicted molar refractivity (Wildman–Crippen MR) is 101 cm³/mol. The van der Waals surface area contributed by atoms with Gasteiger partial charge in [0.2, 0.25) is 15.9 Å². The zero-order chi connectivity index (χ0) is 18.7. The number of amides is 1. The maximum atomic E-state index is 12.7. The van der Waals surface area contributed by atoms with Crippen molar-refractivity contribution < 1.29 is 13.2 Å². The molecule has 2 aromatic rings. The van der Waals surface area contributed by atoms with Gasteiger partial charge in [-0.3, -0.25) is 4.79 Å². The Morgan fingerprint density at radius 2 is 1.85 bits per heavy atom. The molecule has 1 aliphatic rings. The number of carbonyl (C=O) groups excluding carboxylic acids is 1. The first-order valence-electron chi connectivity index (χ1n) is 8.01. The number of hydrogen-bond acceptors (Lipinski definition) is 5. The highest BCUT2D eigenvalue weighted by Gasteiger charge is 2.30. The highest BCUT2D eigenvalue weighted by Crippen LogP contribution is 2.21. The summed E-state index contributed by atoms with van der Waals surface area (Å²) in [5, 5.41) is 1.27. The van der Waals surface area contributed by atoms with E-state index >= 15 is 0 Å². The summed E-state index contributed by atoms with van der Waals surface area (Å²) >= 11 is 7.19. The van der Waals surface area contributed by atoms with E-state index in [1.54, 1.807) is 23.2 Å². The van der Waals surface area contributed by atoms with Crippen LogP contribution in [0, 0.1) is 0 Å². The summed E-state index contributed by atoms with van der Waals surface area (Å²) in [6, 6.07) is 6.11. The molecule has 0 spiro atoms. The second-order valence-corrected chi connectivity index (χ2v) is 9.17. The third-order valence-electron chi connectivity index (χ3n) is 4.14. The Morgan fingerprint density at radius 3 is 2.42 bits per heavy atom. The van der Waals surface area contributed by atoms with Gasteiger partial charge in [0.05, 0.1) is 10.6 Å². The highest BCUT2D eigenvalue weighted by atomic mass is 35.5. The number of piperazine rings is 1. The minimum absolute atomic E-state index is 0.0125. The molecule has 10 heteroatoms. The van der Waals surface area contributed by atoms with Crippen LogP contribution in [0.3, 0.4) is 0 Å². The normalized spacial score (nSPS) is 16.0. The summed E-state index contributed by atoms with van der Waals surface area (Å²) in [7, 11) is -1.69. The van der Waals surface area contributed by atoms with Crippen molar-refractivity contribution in [1.29, 1.82) is 0 Å². The van der Waals surface area contributed by atoms with Gasteiger partial charge in [-0.1, -0.05) is 23.4 Å². The van der Waals surface area contributed by atoms with Gasteiger partial charge in [-0.15, -0.1) is 0 Å². The third kappa shape index (κ3) is 4.22. The number of sulfonamides is 1. The summed E-state index contributed by atoms with van der Waals surface area (Å²) in [6.45, 7) is 1.33. The van der Waals surface area contributed by atoms with Crippen LogP contribution < -0.4 is 0 Å². The van der Waals surface area contributed by atoms with Crippen LogP contribution in [0.2, 0.25) is 5.02 Å². The average Bonchev–Trinajstić information content (AvgIpc) is 3.05. The summed E-state index contributed by atoms with van der Waals surface area (Å²) < 4.78 is 28.6. The van der Waals surface area contributed by atoms with Crippen LogP contribution in [0.4, 0.5) is 0 Å². The fourth-order valence-corrected chi connectivity index (χ4v) is 5.03. The van der Waals surface area contributed by atoms with Crippen molar-refractivity contribution in [1.82, 2.24) is 18.8 Å². The Labute approximate surface area is 162 Å². The zero-order valence-corrected chi connectivity index (χ0v) is 16.6. The third-order valence-corrected chi connectivity index (χ3v) is 7.35. The van der Waals surface area contributed by atoms with Gasteiger partial charge in [0, 0.05) is 50.6 Å². The largest absolute Gasteiger partial charge is 0.339 e. The molecule has 1 aromatic carbocycles. The quantitative estimate of drug-likeness (QED) is 0.696. The number of aryl methyl sites for hydroxylation is 1. The van der Waals surface area contributed by atoms with Gasteiger partial charge in [0.15, 0.2) is 5.16 Å². The Morgan fingerprint density at radius 1 is 1.19 bits per heavy atom. The molecule has 0 saturated carbocycles. The van der Waals surface area contributed by atoms with Crippen molar-refractivity contribution in [3.63, 3.8) is 0 Å². The molecular weight excluding hydrogens is 396 g/mol. The lowest BCUT2D eigenvalue weighted by Gasteiger charge is -2.34. The molecule has 1 saturated heterocycles. The number of imidazole rings is 1. The second kappa shape index (κ2) is 7.99. The average molecular weight is 415 g/mol. The maximum absolute atomic E-state index is 12.7. The fraction of sp³-hybridized carbons (Fsp3) is 0.375. The first kappa shape index (κ1) is 19.2. The van der Waals surface area contributed by atoms with Gasteiger partial charge in [0.1, 0.15) is 0 Å². The molecule has 1 amide bonds. The van der Waals surface area contributed by atoms with Crippen LogP contribution >= 0.6 is 23.4 Å². The van der Waals surface area contributed by atoms with E-state index in [0.29, 0.717) is 18.1 Å². The smallest absolute Gasteiger partial charge is 0.243 e. The number of aromatic nitrogens is 2. The van der Waals surface area contributed by atoms with Crippen molar-refractivity contribution >= 4 is 39.3 Å². The number of benzene rings is 1. The molecule has 2 heterocycles. The Bertz CT molecular complexity index is 875. The van der Waals surface area contributed by atoms with Gasteiger partial charge >= 0.3 is 0 Å². The maximum Gasteiger partial charge on any atom is 0.243 e. The van der Waals surface area contributed by atoms with E-state index in [1.807, 2.05) is 17.8 Å². The molecule has 0 atom stereocenters. The minimum atomic E-state index is -3.56. The predicted octanol–water partition coefficient (Wildman–Crippen LogP) is 1.70. The van der Waals surface area contributed by atoms with Crippen LogP contribution in [0.15, 0.2) is 46.7 Å². The SMILES string of the molecule is Cn1ccnc1SCC(=O)N1CCN(S(=O)(=O)c2ccc(Cl)cc2)CC1. The molecule has 1 aromatic heterocycles. The second-order valence-electron chi connectivity index (χ2n) is 5.85. The van der Waals surface area contributed by atoms with Crippen molar-refractivity contribution in [2.45, 2.75) is 10.1 Å². The summed E-state index contributed by atoms with van der Waals surface area (Å²) in [4.78, 5) is 18.4. The number of nitrogens with zero attached hydrogens (tertiary/aromatic N) is 4. The summed E-state index contributed by atoms with van der Waals surface area (Å²) in [6.07, 6.45) is 3.51. The monoisotopic (exact) mass is 414 g/mol. The van der Waals surface area contributed by atoms with Crippen LogP contribution in [0.25, 0.3) is 0 Å². The van der Waals surface area contributed by atoms with Gasteiger partial charge in [0.25, 0.3) is 0 Å². The Balaban J connectivity index is 1.55. The lowest BCUT2D eigenvalue weighted by atomic mass is 10.3. The van der Waals surface area contributed by atoms with Gasteiger partial charge in [-0.2, -0.15) is 4.31 Å². The molecule has 140 valence electrons. The summed E-state index contributed by atoms with van der Waals surface area (Å²) in [5.41, 5.74) is 0. The molecule has 26 heavy (non-hydrogen) atoms. The molecule has 1 aliphatic heterocycles. The standard InChI is InChI=1S/C16H19ClN4O3S2/c1-19-7-6-18-16(19)25-12-15(22)20-8-10-21(11-9-20)26(23,24)14-4-2-13(17)3-5-14/h2-7H,8-12H2,1H3. The zero-order valence-electron chi connectivity index (χ0n) is 14.2. The first-order chi connectivity index (χ1) is 12.4. The Kier molecular flexibility index (Phi) is 5.91. The molecule has 0 N–H and O–H groups in total. The van der Waals surface area contributed by atoms with E-state index in [1.165, 1.54) is 28.2 Å². The van der Waals surface area contributed by atoms with Crippen LogP contribution in [0.1, 0.15) is 0 Å². The molecule has 0 aliphatic carbocycles. The molecule has 0 unspecified atom stereocenters. The van der Waals surface area contributed by atoms with Crippen molar-refractivity contribution in [3.05, 3.63) is 41.7 Å². The molecule has 1 fully saturated rings. The van der Waals surface area contributed by atoms with Crippen molar-refractivity contribution in [3.8, 4) is 0 Å². The van der Waals surface area contributed by atoms with Crippen LogP contribution in [0.5, 0.6) is 0 Å². The number of rotatable bonds is 5. The van der Waals surface area contributed by atoms with Gasteiger partial charge in [-0.05, 0) is 24.3 Å². The number of halogens is 1. The van der Waals surface area contributed by atoms with Gasteiger partial charge in [-0.25, -0.2) is 13.4 Å². The Hall–Kier alpha value is -1.55. The van der Waals surface area contributed by atoms with E-state index in [9.17, 15) is 13.2 Å². The van der Waals surface area contributed by atoms with E-state index < -0.39 is 10.0 Å². The van der Waals surface area contributed by atoms with E-state index in [4.69, 9.17) is 11.6 Å². The van der Waals surface area contributed by atoms with E-state index in [2.05, 4.69) is 4.98 Å². The number of hydrogen-bond donors (Lipinski definition) is 0. The highest BCUT2D eigenvalue weighted by molar-refractivity contribution is 7.99. The lowest BCUT2D eigenvalue weighted by Crippen LogP contribution is -2.50. The van der Waals surface area contributed by atoms with E-state index in [-0.39, 0.29) is 29.6 Å². The molecule has 0 bridgehead atoms. The molecule has 0 radical (unpaired) electrons. The van der Waals surface area contributed by atoms with E-state index in [0.717, 1.165) is 5.16 Å². The van der Waals surface area contributed by atoms with Crippen LogP contribution in [-0.2, 0) is 21.9 Å². The van der Waals surface area contributed by atoms with Crippen molar-refractivity contribution in [2.75, 3.05) is 31.9 Å². The number of thioether (sulfide) groups is 1. The number of carbonyl (C=O) groups is 1. The lowest BCUT2D eigenvalue weighted by molar-refractivity contribution is -0.129. The minimum Gasteiger partial charge on any atom is -0.339 e. The molecule has 7 nitrogen and oxygen atoms in total. The van der Waals surface area contributed by atoms with Crippen molar-refractivity contribution in [2.24, 2.45) is 7.05 Å². The molecular formula is C16H19ClN4O3S2. The fourth-order valence-electron chi connectivity index (χ4n) is 2.64. The first-order valence-corrected chi connectivity index (χ1v) is 10.8. The van der Waals surface area contributed by atoms with Gasteiger partial charge < -0.3 is 9.47 Å². The topological polar surface area (TPSA) is 75.5 Å².